The van der Waals surface area contributed by atoms with E-state index in [0.29, 0.717) is 30.8 Å². The molecule has 0 bridgehead atoms. The monoisotopic (exact) mass is 457 g/mol. The fourth-order valence-electron chi connectivity index (χ4n) is 3.31. The molecule has 9 nitrogen and oxygen atoms in total. The van der Waals surface area contributed by atoms with E-state index < -0.39 is 23.7 Å². The maximum absolute atomic E-state index is 13.3. The fraction of sp³-hybridized carbons (Fsp3) is 0.143. The van der Waals surface area contributed by atoms with Crippen molar-refractivity contribution < 1.29 is 22.8 Å². The minimum Gasteiger partial charge on any atom is -0.370 e. The molecule has 0 atom stereocenters. The quantitative estimate of drug-likeness (QED) is 0.541. The third-order valence-corrected chi connectivity index (χ3v) is 4.92. The first-order chi connectivity index (χ1) is 15.6. The zero-order valence-corrected chi connectivity index (χ0v) is 17.0. The van der Waals surface area contributed by atoms with Gasteiger partial charge in [0.05, 0.1) is 12.2 Å². The largest absolute Gasteiger partial charge is 0.435 e. The molecule has 33 heavy (non-hydrogen) atoms. The van der Waals surface area contributed by atoms with Crippen LogP contribution in [0.4, 0.5) is 24.5 Å². The van der Waals surface area contributed by atoms with Gasteiger partial charge in [-0.3, -0.25) is 14.6 Å². The highest BCUT2D eigenvalue weighted by molar-refractivity contribution is 6.04. The highest BCUT2D eigenvalue weighted by Crippen LogP contribution is 2.30. The lowest BCUT2D eigenvalue weighted by Gasteiger charge is -2.17. The van der Waals surface area contributed by atoms with E-state index in [2.05, 4.69) is 15.4 Å². The normalized spacial score (nSPS) is 13.7. The van der Waals surface area contributed by atoms with Crippen molar-refractivity contribution in [1.82, 2.24) is 9.78 Å². The van der Waals surface area contributed by atoms with Crippen molar-refractivity contribution in [3.8, 4) is 5.69 Å². The van der Waals surface area contributed by atoms with Gasteiger partial charge in [0.25, 0.3) is 5.91 Å². The molecule has 1 aliphatic heterocycles. The molecule has 0 unspecified atom stereocenters. The number of halogens is 3. The Hall–Kier alpha value is -4.35. The second kappa shape index (κ2) is 8.30. The van der Waals surface area contributed by atoms with Gasteiger partial charge in [-0.25, -0.2) is 4.68 Å². The van der Waals surface area contributed by atoms with Crippen LogP contribution in [-0.2, 0) is 6.18 Å². The van der Waals surface area contributed by atoms with Gasteiger partial charge in [0.1, 0.15) is 5.69 Å². The topological polar surface area (TPSA) is 132 Å². The maximum atomic E-state index is 13.3. The highest BCUT2D eigenvalue weighted by Gasteiger charge is 2.36. The van der Waals surface area contributed by atoms with Crippen LogP contribution >= 0.6 is 0 Å². The summed E-state index contributed by atoms with van der Waals surface area (Å²) in [6.07, 6.45) is -4.78. The second-order valence-corrected chi connectivity index (χ2v) is 7.13. The third-order valence-electron chi connectivity index (χ3n) is 4.92. The molecular weight excluding hydrogens is 439 g/mol. The van der Waals surface area contributed by atoms with E-state index in [1.54, 1.807) is 29.2 Å². The van der Waals surface area contributed by atoms with Gasteiger partial charge < -0.3 is 21.7 Å². The van der Waals surface area contributed by atoms with E-state index in [1.165, 1.54) is 24.3 Å². The van der Waals surface area contributed by atoms with Crippen molar-refractivity contribution in [2.24, 2.45) is 16.5 Å². The number of hydrogen-bond acceptors (Lipinski definition) is 6. The van der Waals surface area contributed by atoms with Gasteiger partial charge in [-0.1, -0.05) is 6.07 Å². The smallest absolute Gasteiger partial charge is 0.370 e. The highest BCUT2D eigenvalue weighted by atomic mass is 19.4. The number of aromatic nitrogens is 2. The van der Waals surface area contributed by atoms with Gasteiger partial charge in [0.15, 0.2) is 11.7 Å². The number of benzene rings is 2. The van der Waals surface area contributed by atoms with Crippen molar-refractivity contribution in [2.75, 3.05) is 23.3 Å². The number of nitrogens with zero attached hydrogens (tertiary/aromatic N) is 4. The molecule has 2 amide bonds. The molecule has 2 aromatic carbocycles. The Morgan fingerprint density at radius 3 is 2.36 bits per heavy atom. The van der Waals surface area contributed by atoms with Crippen LogP contribution < -0.4 is 21.7 Å². The number of guanidine groups is 1. The summed E-state index contributed by atoms with van der Waals surface area (Å²) in [7, 11) is 0. The number of carbonyl (C=O) groups is 2. The molecule has 170 valence electrons. The minimum atomic E-state index is -4.78. The average molecular weight is 457 g/mol. The Balaban J connectivity index is 1.64. The van der Waals surface area contributed by atoms with E-state index >= 15 is 0 Å². The zero-order valence-electron chi connectivity index (χ0n) is 17.0. The van der Waals surface area contributed by atoms with Crippen molar-refractivity contribution in [1.29, 1.82) is 0 Å². The standard InChI is InChI=1S/C21H18F3N7O2/c22-21(23,24)17-11-16(31(29-17)15-3-1-2-12(10-15)18(25)32)19(33)28-13-4-6-14(7-5-13)30-9-8-27-20(30)26/h1-7,10-11H,8-9H2,(H2,25,32)(H2,26,27)(H,28,33). The van der Waals surface area contributed by atoms with Crippen LogP contribution in [0.15, 0.2) is 59.6 Å². The number of hydrogen-bond donors (Lipinski definition) is 3. The van der Waals surface area contributed by atoms with E-state index in [1.807, 2.05) is 0 Å². The summed E-state index contributed by atoms with van der Waals surface area (Å²) in [6.45, 7) is 1.20. The molecule has 1 aromatic heterocycles. The summed E-state index contributed by atoms with van der Waals surface area (Å²) in [5.74, 6) is -1.21. The van der Waals surface area contributed by atoms with Gasteiger partial charge >= 0.3 is 6.18 Å². The molecule has 12 heteroatoms. The first-order valence-corrected chi connectivity index (χ1v) is 9.70. The van der Waals surface area contributed by atoms with Crippen LogP contribution in [0.3, 0.4) is 0 Å². The number of primary amides is 1. The Kier molecular flexibility index (Phi) is 5.50. The van der Waals surface area contributed by atoms with Crippen LogP contribution in [0.5, 0.6) is 0 Å². The maximum Gasteiger partial charge on any atom is 0.435 e. The summed E-state index contributed by atoms with van der Waals surface area (Å²) in [5.41, 5.74) is 10.7. The Labute approximate surface area is 185 Å². The molecule has 0 radical (unpaired) electrons. The fourth-order valence-corrected chi connectivity index (χ4v) is 3.31. The summed E-state index contributed by atoms with van der Waals surface area (Å²) in [4.78, 5) is 30.2. The first-order valence-electron chi connectivity index (χ1n) is 9.70. The molecule has 4 rings (SSSR count). The zero-order chi connectivity index (χ0) is 23.8. The number of amides is 2. The lowest BCUT2D eigenvalue weighted by Crippen LogP contribution is -2.33. The van der Waals surface area contributed by atoms with Crippen LogP contribution in [0.1, 0.15) is 26.5 Å². The molecule has 1 aliphatic rings. The van der Waals surface area contributed by atoms with Crippen molar-refractivity contribution in [3.63, 3.8) is 0 Å². The average Bonchev–Trinajstić information content (AvgIpc) is 3.41. The van der Waals surface area contributed by atoms with Gasteiger partial charge in [-0.15, -0.1) is 0 Å². The summed E-state index contributed by atoms with van der Waals surface area (Å²) < 4.78 is 40.8. The van der Waals surface area contributed by atoms with Gasteiger partial charge in [-0.05, 0) is 42.5 Å². The van der Waals surface area contributed by atoms with Gasteiger partial charge in [-0.2, -0.15) is 18.3 Å². The molecule has 0 fully saturated rings. The summed E-state index contributed by atoms with van der Waals surface area (Å²) >= 11 is 0. The number of carbonyl (C=O) groups excluding carboxylic acids is 2. The van der Waals surface area contributed by atoms with E-state index in [-0.39, 0.29) is 16.9 Å². The van der Waals surface area contributed by atoms with Crippen LogP contribution in [0.25, 0.3) is 5.69 Å². The molecule has 3 aromatic rings. The molecule has 0 saturated heterocycles. The molecule has 5 N–H and O–H groups in total. The van der Waals surface area contributed by atoms with Crippen molar-refractivity contribution in [3.05, 3.63) is 71.5 Å². The molecular formula is C21H18F3N7O2. The summed E-state index contributed by atoms with van der Waals surface area (Å²) in [6, 6.07) is 12.7. The Morgan fingerprint density at radius 1 is 1.03 bits per heavy atom. The number of aliphatic imine (C=N–C) groups is 1. The number of nitrogens with one attached hydrogen (secondary N) is 1. The number of alkyl halides is 3. The second-order valence-electron chi connectivity index (χ2n) is 7.13. The first kappa shape index (κ1) is 21.9. The summed E-state index contributed by atoms with van der Waals surface area (Å²) in [5, 5.41) is 6.10. The number of nitrogens with two attached hydrogens (primary N) is 2. The van der Waals surface area contributed by atoms with Crippen LogP contribution in [0.2, 0.25) is 0 Å². The molecule has 0 saturated carbocycles. The molecule has 0 spiro atoms. The third kappa shape index (κ3) is 4.49. The minimum absolute atomic E-state index is 0.0585. The predicted molar refractivity (Wildman–Crippen MR) is 115 cm³/mol. The lowest BCUT2D eigenvalue weighted by molar-refractivity contribution is -0.141. The van der Waals surface area contributed by atoms with Crippen LogP contribution in [0, 0.1) is 0 Å². The van der Waals surface area contributed by atoms with E-state index in [0.717, 1.165) is 10.4 Å². The van der Waals surface area contributed by atoms with E-state index in [4.69, 9.17) is 11.5 Å². The van der Waals surface area contributed by atoms with Crippen molar-refractivity contribution in [2.45, 2.75) is 6.18 Å². The molecule has 2 heterocycles. The number of rotatable bonds is 5. The Bertz CT molecular complexity index is 1250. The Morgan fingerprint density at radius 2 is 1.76 bits per heavy atom. The number of anilines is 2. The predicted octanol–water partition coefficient (Wildman–Crippen LogP) is 2.38. The van der Waals surface area contributed by atoms with Gasteiger partial charge in [0.2, 0.25) is 5.91 Å². The van der Waals surface area contributed by atoms with Crippen molar-refractivity contribution >= 4 is 29.1 Å². The molecule has 0 aliphatic carbocycles. The lowest BCUT2D eigenvalue weighted by atomic mass is 10.2. The van der Waals surface area contributed by atoms with Crippen LogP contribution in [-0.4, -0.2) is 40.6 Å². The van der Waals surface area contributed by atoms with E-state index in [9.17, 15) is 22.8 Å². The van der Waals surface area contributed by atoms with Gasteiger partial charge in [0, 0.05) is 29.5 Å². The SMILES string of the molecule is NC(=O)c1cccc(-n2nc(C(F)(F)F)cc2C(=O)Nc2ccc(N3CCN=C3N)cc2)c1.